The van der Waals surface area contributed by atoms with Crippen molar-refractivity contribution in [3.8, 4) is 22.5 Å². The summed E-state index contributed by atoms with van der Waals surface area (Å²) in [5, 5.41) is 12.5. The Bertz CT molecular complexity index is 2230. The van der Waals surface area contributed by atoms with E-state index in [4.69, 9.17) is 10.1 Å². The van der Waals surface area contributed by atoms with Crippen molar-refractivity contribution in [2.24, 2.45) is 0 Å². The summed E-state index contributed by atoms with van der Waals surface area (Å²) in [4.78, 5) is 33.3. The molecule has 2 amide bonds. The second-order valence-corrected chi connectivity index (χ2v) is 11.3. The highest BCUT2D eigenvalue weighted by Crippen LogP contribution is 2.36. The maximum atomic E-state index is 14.2. The first-order valence-corrected chi connectivity index (χ1v) is 15.0. The maximum absolute atomic E-state index is 14.2. The minimum Gasteiger partial charge on any atom is -0.345 e. The summed E-state index contributed by atoms with van der Waals surface area (Å²) in [6.07, 6.45) is -1.09. The molecular weight excluding hydrogens is 645 g/mol. The molecule has 9 nitrogen and oxygen atoms in total. The zero-order valence-electron chi connectivity index (χ0n) is 25.2. The molecule has 1 atom stereocenters. The topological polar surface area (TPSA) is 113 Å². The summed E-state index contributed by atoms with van der Waals surface area (Å²) in [5.41, 5.74) is 4.79. The Labute approximate surface area is 274 Å². The summed E-state index contributed by atoms with van der Waals surface area (Å²) < 4.78 is 68.4. The summed E-state index contributed by atoms with van der Waals surface area (Å²) in [5.74, 6) is -4.63. The molecule has 6 aromatic rings. The SMILES string of the molecule is O=C(Nc1cccc(-c2nn3ccccc3c2-c2ccnc(Nc3ccc4c(c3)C[C@@H](NC(=O)C(F)(F)F)C4)n2)c1)c1c(F)cccc1F. The lowest BCUT2D eigenvalue weighted by Crippen LogP contribution is -2.43. The fourth-order valence-corrected chi connectivity index (χ4v) is 5.86. The van der Waals surface area contributed by atoms with Crippen LogP contribution in [-0.4, -0.2) is 43.6 Å². The molecule has 246 valence electrons. The van der Waals surface area contributed by atoms with Crippen molar-refractivity contribution in [3.63, 3.8) is 0 Å². The number of pyridine rings is 1. The third-order valence-electron chi connectivity index (χ3n) is 8.02. The zero-order valence-corrected chi connectivity index (χ0v) is 25.2. The van der Waals surface area contributed by atoms with Crippen molar-refractivity contribution in [3.05, 3.63) is 126 Å². The van der Waals surface area contributed by atoms with Crippen LogP contribution < -0.4 is 16.0 Å². The van der Waals surface area contributed by atoms with E-state index in [9.17, 15) is 31.5 Å². The van der Waals surface area contributed by atoms with Gasteiger partial charge in [0.05, 0.1) is 16.8 Å². The molecule has 14 heteroatoms. The average Bonchev–Trinajstić information content (AvgIpc) is 3.65. The summed E-state index contributed by atoms with van der Waals surface area (Å²) in [6.45, 7) is 0. The highest BCUT2D eigenvalue weighted by atomic mass is 19.4. The molecule has 3 aromatic heterocycles. The first-order chi connectivity index (χ1) is 23.5. The number of aromatic nitrogens is 4. The third-order valence-corrected chi connectivity index (χ3v) is 8.02. The Morgan fingerprint density at radius 2 is 1.61 bits per heavy atom. The van der Waals surface area contributed by atoms with E-state index in [0.717, 1.165) is 28.8 Å². The molecule has 3 N–H and O–H groups in total. The van der Waals surface area contributed by atoms with E-state index >= 15 is 0 Å². The first-order valence-electron chi connectivity index (χ1n) is 15.0. The molecule has 0 saturated carbocycles. The van der Waals surface area contributed by atoms with Crippen LogP contribution in [0.2, 0.25) is 0 Å². The molecule has 1 aliphatic rings. The van der Waals surface area contributed by atoms with Gasteiger partial charge in [-0.25, -0.2) is 23.3 Å². The Balaban J connectivity index is 1.17. The normalized spacial score (nSPS) is 14.0. The lowest BCUT2D eigenvalue weighted by atomic mass is 10.0. The molecule has 0 saturated heterocycles. The van der Waals surface area contributed by atoms with E-state index in [1.54, 1.807) is 65.4 Å². The molecule has 3 aromatic carbocycles. The number of nitrogens with zero attached hydrogens (tertiary/aromatic N) is 4. The standard InChI is InChI=1S/C35H24F5N7O2/c36-25-7-4-8-26(37)29(25)32(48)42-22-6-3-5-20(16-22)31-30(28-9-1-2-14-47(28)46-31)27-12-13-41-34(45-27)44-23-11-10-19-15-24(18-21(19)17-23)43-33(49)35(38,39)40/h1-14,16-17,24H,15,18H2,(H,42,48)(H,43,49)(H,41,44,45)/t24-/m0/s1. The van der Waals surface area contributed by atoms with Gasteiger partial charge in [-0.3, -0.25) is 9.59 Å². The number of carbonyl (C=O) groups is 2. The Morgan fingerprint density at radius 1 is 0.837 bits per heavy atom. The Hall–Kier alpha value is -6.18. The number of rotatable bonds is 7. The van der Waals surface area contributed by atoms with Gasteiger partial charge in [0.15, 0.2) is 0 Å². The number of fused-ring (bicyclic) bond motifs is 2. The number of carbonyl (C=O) groups excluding carboxylic acids is 2. The zero-order chi connectivity index (χ0) is 34.3. The number of anilines is 3. The number of nitrogens with one attached hydrogen (secondary N) is 3. The summed E-state index contributed by atoms with van der Waals surface area (Å²) in [7, 11) is 0. The van der Waals surface area contributed by atoms with Gasteiger partial charge in [0.1, 0.15) is 22.9 Å². The van der Waals surface area contributed by atoms with Crippen molar-refractivity contribution in [1.29, 1.82) is 0 Å². The van der Waals surface area contributed by atoms with Crippen molar-refractivity contribution in [1.82, 2.24) is 24.9 Å². The highest BCUT2D eigenvalue weighted by molar-refractivity contribution is 6.05. The summed E-state index contributed by atoms with van der Waals surface area (Å²) >= 11 is 0. The average molecular weight is 670 g/mol. The van der Waals surface area contributed by atoms with Crippen molar-refractivity contribution in [2.45, 2.75) is 25.1 Å². The van der Waals surface area contributed by atoms with Crippen LogP contribution in [0.15, 0.2) is 97.3 Å². The smallest absolute Gasteiger partial charge is 0.345 e. The van der Waals surface area contributed by atoms with Crippen LogP contribution in [0.25, 0.3) is 28.0 Å². The lowest BCUT2D eigenvalue weighted by Gasteiger charge is -2.13. The second-order valence-electron chi connectivity index (χ2n) is 11.3. The highest BCUT2D eigenvalue weighted by Gasteiger charge is 2.40. The van der Waals surface area contributed by atoms with Gasteiger partial charge in [-0.1, -0.05) is 30.3 Å². The molecule has 49 heavy (non-hydrogen) atoms. The van der Waals surface area contributed by atoms with Gasteiger partial charge >= 0.3 is 12.1 Å². The van der Waals surface area contributed by atoms with E-state index in [2.05, 4.69) is 15.6 Å². The molecule has 0 aliphatic heterocycles. The number of amides is 2. The minimum absolute atomic E-state index is 0.242. The van der Waals surface area contributed by atoms with Gasteiger partial charge in [-0.15, -0.1) is 0 Å². The molecule has 0 spiro atoms. The van der Waals surface area contributed by atoms with E-state index < -0.39 is 41.2 Å². The number of halogens is 5. The van der Waals surface area contributed by atoms with E-state index in [1.807, 2.05) is 23.5 Å². The number of hydrogen-bond acceptors (Lipinski definition) is 6. The van der Waals surface area contributed by atoms with Crippen LogP contribution in [0.3, 0.4) is 0 Å². The minimum atomic E-state index is -4.95. The van der Waals surface area contributed by atoms with Gasteiger partial charge in [0.2, 0.25) is 5.95 Å². The molecule has 0 fully saturated rings. The van der Waals surface area contributed by atoms with Crippen LogP contribution >= 0.6 is 0 Å². The monoisotopic (exact) mass is 669 g/mol. The molecule has 7 rings (SSSR count). The molecule has 0 unspecified atom stereocenters. The quantitative estimate of drug-likeness (QED) is 0.160. The molecule has 0 radical (unpaired) electrons. The maximum Gasteiger partial charge on any atom is 0.471 e. The van der Waals surface area contributed by atoms with Gasteiger partial charge in [0, 0.05) is 35.4 Å². The predicted molar refractivity (Wildman–Crippen MR) is 171 cm³/mol. The van der Waals surface area contributed by atoms with Crippen LogP contribution in [0, 0.1) is 11.6 Å². The number of benzene rings is 3. The van der Waals surface area contributed by atoms with Crippen molar-refractivity contribution in [2.75, 3.05) is 10.6 Å². The largest absolute Gasteiger partial charge is 0.471 e. The van der Waals surface area contributed by atoms with Crippen LogP contribution in [0.1, 0.15) is 21.5 Å². The van der Waals surface area contributed by atoms with Gasteiger partial charge < -0.3 is 16.0 Å². The van der Waals surface area contributed by atoms with Crippen LogP contribution in [-0.2, 0) is 17.6 Å². The fourth-order valence-electron chi connectivity index (χ4n) is 5.86. The molecule has 1 aliphatic carbocycles. The summed E-state index contributed by atoms with van der Waals surface area (Å²) in [6, 6.07) is 21.8. The van der Waals surface area contributed by atoms with Gasteiger partial charge in [-0.05, 0) is 78.6 Å². The second kappa shape index (κ2) is 12.4. The fraction of sp³-hybridized carbons (Fsp3) is 0.114. The Morgan fingerprint density at radius 3 is 2.41 bits per heavy atom. The van der Waals surface area contributed by atoms with Crippen LogP contribution in [0.5, 0.6) is 0 Å². The van der Waals surface area contributed by atoms with Gasteiger partial charge in [-0.2, -0.15) is 18.3 Å². The van der Waals surface area contributed by atoms with E-state index in [1.165, 1.54) is 6.07 Å². The first kappa shape index (κ1) is 31.4. The van der Waals surface area contributed by atoms with Crippen molar-refractivity contribution < 1.29 is 31.5 Å². The lowest BCUT2D eigenvalue weighted by molar-refractivity contribution is -0.174. The van der Waals surface area contributed by atoms with E-state index in [0.29, 0.717) is 28.2 Å². The van der Waals surface area contributed by atoms with Gasteiger partial charge in [0.25, 0.3) is 5.91 Å². The number of alkyl halides is 3. The third kappa shape index (κ3) is 6.40. The molecule has 3 heterocycles. The molecule has 0 bridgehead atoms. The predicted octanol–water partition coefficient (Wildman–Crippen LogP) is 6.88. The van der Waals surface area contributed by atoms with E-state index in [-0.39, 0.29) is 24.5 Å². The van der Waals surface area contributed by atoms with Crippen LogP contribution in [0.4, 0.5) is 39.3 Å². The van der Waals surface area contributed by atoms with Crippen molar-refractivity contribution >= 4 is 34.7 Å². The number of hydrogen-bond donors (Lipinski definition) is 3. The molecular formula is C35H24F5N7O2. The Kier molecular flexibility index (Phi) is 7.98.